The van der Waals surface area contributed by atoms with Crippen LogP contribution in [0.1, 0.15) is 35.3 Å². The highest BCUT2D eigenvalue weighted by molar-refractivity contribution is 7.98. The van der Waals surface area contributed by atoms with Gasteiger partial charge in [-0.15, -0.1) is 11.8 Å². The van der Waals surface area contributed by atoms with Crippen molar-refractivity contribution in [3.63, 3.8) is 0 Å². The van der Waals surface area contributed by atoms with Gasteiger partial charge in [-0.05, 0) is 48.4 Å². The SMILES string of the molecule is CSc1ccc(COC(=O)[C@@H](NC(=O)c2ccccc2C)C(C)C)cc1. The first-order chi connectivity index (χ1) is 12.4. The van der Waals surface area contributed by atoms with E-state index in [9.17, 15) is 9.59 Å². The zero-order valence-electron chi connectivity index (χ0n) is 15.6. The van der Waals surface area contributed by atoms with E-state index in [1.165, 1.54) is 0 Å². The summed E-state index contributed by atoms with van der Waals surface area (Å²) in [6.45, 7) is 5.83. The van der Waals surface area contributed by atoms with E-state index in [-0.39, 0.29) is 18.4 Å². The maximum Gasteiger partial charge on any atom is 0.329 e. The highest BCUT2D eigenvalue weighted by Crippen LogP contribution is 2.16. The van der Waals surface area contributed by atoms with Crippen molar-refractivity contribution in [3.05, 3.63) is 65.2 Å². The minimum Gasteiger partial charge on any atom is -0.459 e. The molecule has 0 bridgehead atoms. The average Bonchev–Trinajstić information content (AvgIpc) is 2.64. The highest BCUT2D eigenvalue weighted by Gasteiger charge is 2.26. The molecular formula is C21H25NO3S. The van der Waals surface area contributed by atoms with Crippen molar-refractivity contribution in [2.24, 2.45) is 5.92 Å². The topological polar surface area (TPSA) is 55.4 Å². The number of hydrogen-bond acceptors (Lipinski definition) is 4. The predicted molar refractivity (Wildman–Crippen MR) is 105 cm³/mol. The van der Waals surface area contributed by atoms with E-state index < -0.39 is 12.0 Å². The molecule has 2 rings (SSSR count). The molecule has 0 saturated carbocycles. The van der Waals surface area contributed by atoms with Crippen molar-refractivity contribution in [2.75, 3.05) is 6.26 Å². The minimum atomic E-state index is -0.687. The summed E-state index contributed by atoms with van der Waals surface area (Å²) in [4.78, 5) is 26.2. The molecule has 0 unspecified atom stereocenters. The van der Waals surface area contributed by atoms with Gasteiger partial charge in [-0.3, -0.25) is 4.79 Å². The molecule has 2 aromatic carbocycles. The summed E-state index contributed by atoms with van der Waals surface area (Å²) < 4.78 is 5.43. The Morgan fingerprint density at radius 1 is 1.08 bits per heavy atom. The number of carbonyl (C=O) groups is 2. The molecule has 0 aliphatic heterocycles. The number of nitrogens with one attached hydrogen (secondary N) is 1. The van der Waals surface area contributed by atoms with Gasteiger partial charge in [0, 0.05) is 10.5 Å². The Labute approximate surface area is 159 Å². The van der Waals surface area contributed by atoms with Gasteiger partial charge >= 0.3 is 5.97 Å². The summed E-state index contributed by atoms with van der Waals surface area (Å²) in [6.07, 6.45) is 2.01. The Hall–Kier alpha value is -2.27. The number of benzene rings is 2. The zero-order valence-corrected chi connectivity index (χ0v) is 16.4. The number of rotatable bonds is 7. The Morgan fingerprint density at radius 3 is 2.31 bits per heavy atom. The van der Waals surface area contributed by atoms with Crippen molar-refractivity contribution in [3.8, 4) is 0 Å². The van der Waals surface area contributed by atoms with E-state index in [0.717, 1.165) is 16.0 Å². The first kappa shape index (κ1) is 20.0. The third-order valence-electron chi connectivity index (χ3n) is 4.14. The van der Waals surface area contributed by atoms with Crippen LogP contribution in [0.25, 0.3) is 0 Å². The van der Waals surface area contributed by atoms with Crippen molar-refractivity contribution >= 4 is 23.6 Å². The van der Waals surface area contributed by atoms with Crippen molar-refractivity contribution in [1.29, 1.82) is 0 Å². The number of thioether (sulfide) groups is 1. The number of amides is 1. The zero-order chi connectivity index (χ0) is 19.1. The van der Waals surface area contributed by atoms with Crippen molar-refractivity contribution in [1.82, 2.24) is 5.32 Å². The number of aryl methyl sites for hydroxylation is 1. The second-order valence-corrected chi connectivity index (χ2v) is 7.35. The van der Waals surface area contributed by atoms with Gasteiger partial charge in [0.2, 0.25) is 0 Å². The summed E-state index contributed by atoms with van der Waals surface area (Å²) >= 11 is 1.66. The van der Waals surface area contributed by atoms with E-state index in [1.807, 2.05) is 69.5 Å². The molecule has 0 heterocycles. The second kappa shape index (κ2) is 9.43. The number of ether oxygens (including phenoxy) is 1. The lowest BCUT2D eigenvalue weighted by atomic mass is 10.0. The standard InChI is InChI=1S/C21H25NO3S/c1-14(2)19(22-20(23)18-8-6-5-7-15(18)3)21(24)25-13-16-9-11-17(26-4)12-10-16/h5-12,14,19H,13H2,1-4H3,(H,22,23)/t19-/m0/s1. The lowest BCUT2D eigenvalue weighted by Crippen LogP contribution is -2.45. The average molecular weight is 372 g/mol. The summed E-state index contributed by atoms with van der Waals surface area (Å²) in [5.41, 5.74) is 2.36. The molecule has 0 radical (unpaired) electrons. The van der Waals surface area contributed by atoms with E-state index >= 15 is 0 Å². The maximum atomic E-state index is 12.5. The molecular weight excluding hydrogens is 346 g/mol. The fourth-order valence-corrected chi connectivity index (χ4v) is 2.92. The lowest BCUT2D eigenvalue weighted by molar-refractivity contribution is -0.148. The molecule has 5 heteroatoms. The maximum absolute atomic E-state index is 12.5. The molecule has 4 nitrogen and oxygen atoms in total. The van der Waals surface area contributed by atoms with Gasteiger partial charge in [-0.25, -0.2) is 4.79 Å². The van der Waals surface area contributed by atoms with Gasteiger partial charge in [0.25, 0.3) is 5.91 Å². The quantitative estimate of drug-likeness (QED) is 0.585. The van der Waals surface area contributed by atoms with Crippen LogP contribution in [-0.4, -0.2) is 24.2 Å². The summed E-state index contributed by atoms with van der Waals surface area (Å²) in [6, 6.07) is 14.5. The molecule has 1 amide bonds. The molecule has 0 saturated heterocycles. The van der Waals surface area contributed by atoms with Crippen LogP contribution in [0.5, 0.6) is 0 Å². The Bertz CT molecular complexity index is 756. The lowest BCUT2D eigenvalue weighted by Gasteiger charge is -2.21. The Balaban J connectivity index is 2.00. The summed E-state index contributed by atoms with van der Waals surface area (Å²) in [7, 11) is 0. The van der Waals surface area contributed by atoms with Crippen molar-refractivity contribution < 1.29 is 14.3 Å². The monoisotopic (exact) mass is 371 g/mol. The van der Waals surface area contributed by atoms with Crippen molar-refractivity contribution in [2.45, 2.75) is 38.3 Å². The molecule has 0 aliphatic rings. The van der Waals surface area contributed by atoms with Crippen LogP contribution in [0.4, 0.5) is 0 Å². The van der Waals surface area contributed by atoms with E-state index in [0.29, 0.717) is 5.56 Å². The van der Waals surface area contributed by atoms with Gasteiger partial charge in [0.15, 0.2) is 0 Å². The van der Waals surface area contributed by atoms with Crippen LogP contribution < -0.4 is 5.32 Å². The van der Waals surface area contributed by atoms with Crippen LogP contribution >= 0.6 is 11.8 Å². The number of hydrogen-bond donors (Lipinski definition) is 1. The molecule has 1 atom stereocenters. The first-order valence-corrected chi connectivity index (χ1v) is 9.81. The molecule has 2 aromatic rings. The van der Waals surface area contributed by atoms with Crippen LogP contribution in [0.2, 0.25) is 0 Å². The molecule has 0 aromatic heterocycles. The number of esters is 1. The largest absolute Gasteiger partial charge is 0.459 e. The van der Waals surface area contributed by atoms with Gasteiger partial charge in [0.05, 0.1) is 0 Å². The summed E-state index contributed by atoms with van der Waals surface area (Å²) in [5, 5.41) is 2.81. The molecule has 1 N–H and O–H groups in total. The fourth-order valence-electron chi connectivity index (χ4n) is 2.51. The molecule has 0 aliphatic carbocycles. The van der Waals surface area contributed by atoms with Gasteiger partial charge in [0.1, 0.15) is 12.6 Å². The van der Waals surface area contributed by atoms with E-state index in [1.54, 1.807) is 17.8 Å². The van der Waals surface area contributed by atoms with E-state index in [4.69, 9.17) is 4.74 Å². The predicted octanol–water partition coefficient (Wildman–Crippen LogP) is 4.21. The molecule has 138 valence electrons. The second-order valence-electron chi connectivity index (χ2n) is 6.47. The van der Waals surface area contributed by atoms with Crippen LogP contribution in [0.15, 0.2) is 53.4 Å². The van der Waals surface area contributed by atoms with Gasteiger partial charge in [-0.2, -0.15) is 0 Å². The fraction of sp³-hybridized carbons (Fsp3) is 0.333. The molecule has 0 spiro atoms. The normalized spacial score (nSPS) is 11.9. The first-order valence-electron chi connectivity index (χ1n) is 8.58. The van der Waals surface area contributed by atoms with Crippen LogP contribution in [-0.2, 0) is 16.1 Å². The number of carbonyl (C=O) groups excluding carboxylic acids is 2. The Kier molecular flexibility index (Phi) is 7.27. The third-order valence-corrected chi connectivity index (χ3v) is 4.88. The summed E-state index contributed by atoms with van der Waals surface area (Å²) in [5.74, 6) is -0.756. The van der Waals surface area contributed by atoms with Crippen LogP contribution in [0, 0.1) is 12.8 Å². The smallest absolute Gasteiger partial charge is 0.329 e. The van der Waals surface area contributed by atoms with Gasteiger partial charge in [-0.1, -0.05) is 44.2 Å². The molecule has 0 fully saturated rings. The van der Waals surface area contributed by atoms with Gasteiger partial charge < -0.3 is 10.1 Å². The highest BCUT2D eigenvalue weighted by atomic mass is 32.2. The minimum absolute atomic E-state index is 0.0747. The Morgan fingerprint density at radius 2 is 1.73 bits per heavy atom. The van der Waals surface area contributed by atoms with E-state index in [2.05, 4.69) is 5.32 Å². The van der Waals surface area contributed by atoms with Crippen LogP contribution in [0.3, 0.4) is 0 Å². The molecule has 26 heavy (non-hydrogen) atoms. The third kappa shape index (κ3) is 5.36.